The Morgan fingerprint density at radius 2 is 1.97 bits per heavy atom. The average Bonchev–Trinajstić information content (AvgIpc) is 3.37. The molecule has 1 aliphatic rings. The first-order chi connectivity index (χ1) is 19.0. The van der Waals surface area contributed by atoms with Gasteiger partial charge in [-0.3, -0.25) is 19.4 Å². The van der Waals surface area contributed by atoms with Crippen LogP contribution >= 0.6 is 0 Å². The molecule has 0 radical (unpaired) electrons. The van der Waals surface area contributed by atoms with Crippen LogP contribution in [-0.2, 0) is 35.3 Å². The molecule has 0 spiro atoms. The van der Waals surface area contributed by atoms with Gasteiger partial charge in [-0.1, -0.05) is 6.07 Å². The number of hydrogen-bond donors (Lipinski definition) is 2. The lowest BCUT2D eigenvalue weighted by atomic mass is 9.96. The van der Waals surface area contributed by atoms with Gasteiger partial charge in [-0.25, -0.2) is 4.79 Å². The second-order valence-electron chi connectivity index (χ2n) is 9.61. The molecule has 3 aromatic heterocycles. The molecule has 0 saturated heterocycles. The number of fused-ring (bicyclic) bond motifs is 2. The molecule has 3 heterocycles. The number of nitrogens with one attached hydrogen (secondary N) is 1. The number of carboxylic acid groups (broad SMARTS) is 1. The van der Waals surface area contributed by atoms with Gasteiger partial charge in [0, 0.05) is 42.1 Å². The van der Waals surface area contributed by atoms with Crippen LogP contribution in [0.2, 0.25) is 0 Å². The molecule has 0 unspecified atom stereocenters. The van der Waals surface area contributed by atoms with Crippen LogP contribution in [0.1, 0.15) is 53.4 Å². The standard InChI is InChI=1S/C29H31N5O5/c1-38-29(37)31-16-19-12-21(17-30-15-19)27(14-28(35)36)34-26-9-8-24(13-22(26)18-32-34)39-11-10-23-7-6-20-4-2-3-5-25(20)33-23/h6-9,12-13,15,17-18,27H,2-5,10-11,14,16H2,1H3,(H,31,37)(H,35,36)/t27-/m0/s1. The highest BCUT2D eigenvalue weighted by molar-refractivity contribution is 5.81. The highest BCUT2D eigenvalue weighted by Crippen LogP contribution is 2.29. The molecule has 2 N–H and O–H groups in total. The Hall–Kier alpha value is -4.47. The number of aliphatic carboxylic acids is 1. The number of ether oxygens (including phenoxy) is 2. The SMILES string of the molecule is COC(=O)NCc1cncc([C@H](CC(=O)O)n2ncc3cc(OCCc4ccc5c(n4)CCCC5)ccc32)c1. The van der Waals surface area contributed by atoms with Gasteiger partial charge >= 0.3 is 12.1 Å². The van der Waals surface area contributed by atoms with E-state index in [0.717, 1.165) is 35.9 Å². The summed E-state index contributed by atoms with van der Waals surface area (Å²) in [6.45, 7) is 0.708. The lowest BCUT2D eigenvalue weighted by Gasteiger charge is -2.18. The lowest BCUT2D eigenvalue weighted by Crippen LogP contribution is -2.23. The van der Waals surface area contributed by atoms with E-state index < -0.39 is 18.1 Å². The number of carbonyl (C=O) groups is 2. The third kappa shape index (κ3) is 6.34. The molecule has 4 aromatic rings. The number of amides is 1. The zero-order chi connectivity index (χ0) is 27.2. The number of nitrogens with zero attached hydrogens (tertiary/aromatic N) is 4. The van der Waals surface area contributed by atoms with E-state index in [-0.39, 0.29) is 13.0 Å². The van der Waals surface area contributed by atoms with Crippen molar-refractivity contribution >= 4 is 23.0 Å². The number of hydrogen-bond acceptors (Lipinski definition) is 7. The normalized spacial score (nSPS) is 13.5. The molecule has 10 nitrogen and oxygen atoms in total. The number of pyridine rings is 2. The van der Waals surface area contributed by atoms with Gasteiger partial charge in [-0.2, -0.15) is 5.10 Å². The molecule has 1 aromatic carbocycles. The number of alkyl carbamates (subject to hydrolysis) is 1. The van der Waals surface area contributed by atoms with Crippen molar-refractivity contribution in [1.82, 2.24) is 25.1 Å². The summed E-state index contributed by atoms with van der Waals surface area (Å²) in [6, 6.07) is 11.2. The number of aromatic nitrogens is 4. The Labute approximate surface area is 226 Å². The van der Waals surface area contributed by atoms with Gasteiger partial charge in [0.1, 0.15) is 5.75 Å². The topological polar surface area (TPSA) is 128 Å². The lowest BCUT2D eigenvalue weighted by molar-refractivity contribution is -0.137. The summed E-state index contributed by atoms with van der Waals surface area (Å²) in [5.41, 5.74) is 5.80. The number of methoxy groups -OCH3 is 1. The number of carbonyl (C=O) groups excluding carboxylic acids is 1. The van der Waals surface area contributed by atoms with Crippen LogP contribution in [0.3, 0.4) is 0 Å². The van der Waals surface area contributed by atoms with Crippen LogP contribution in [0.15, 0.2) is 55.0 Å². The molecule has 39 heavy (non-hydrogen) atoms. The second-order valence-corrected chi connectivity index (χ2v) is 9.61. The molecule has 0 aliphatic heterocycles. The fourth-order valence-electron chi connectivity index (χ4n) is 4.95. The molecule has 202 valence electrons. The van der Waals surface area contributed by atoms with Crippen molar-refractivity contribution < 1.29 is 24.2 Å². The van der Waals surface area contributed by atoms with Crippen molar-refractivity contribution in [2.75, 3.05) is 13.7 Å². The van der Waals surface area contributed by atoms with Gasteiger partial charge in [0.05, 0.1) is 37.9 Å². The van der Waals surface area contributed by atoms with Gasteiger partial charge in [0.15, 0.2) is 0 Å². The highest BCUT2D eigenvalue weighted by Gasteiger charge is 2.22. The van der Waals surface area contributed by atoms with E-state index in [1.165, 1.54) is 31.2 Å². The first-order valence-electron chi connectivity index (χ1n) is 13.1. The molecule has 0 bridgehead atoms. The molecule has 0 fully saturated rings. The maximum Gasteiger partial charge on any atom is 0.407 e. The van der Waals surface area contributed by atoms with Gasteiger partial charge in [-0.15, -0.1) is 0 Å². The van der Waals surface area contributed by atoms with E-state index in [2.05, 4.69) is 32.3 Å². The summed E-state index contributed by atoms with van der Waals surface area (Å²) in [7, 11) is 1.29. The largest absolute Gasteiger partial charge is 0.493 e. The predicted molar refractivity (Wildman–Crippen MR) is 144 cm³/mol. The molecule has 0 saturated carbocycles. The zero-order valence-corrected chi connectivity index (χ0v) is 21.8. The van der Waals surface area contributed by atoms with Gasteiger partial charge < -0.3 is 19.9 Å². The van der Waals surface area contributed by atoms with Crippen LogP contribution < -0.4 is 10.1 Å². The van der Waals surface area contributed by atoms with Crippen LogP contribution in [0.4, 0.5) is 4.79 Å². The second kappa shape index (κ2) is 11.9. The zero-order valence-electron chi connectivity index (χ0n) is 21.8. The van der Waals surface area contributed by atoms with Crippen LogP contribution in [0.25, 0.3) is 10.9 Å². The van der Waals surface area contributed by atoms with Crippen LogP contribution in [0, 0.1) is 0 Å². The molecule has 1 atom stereocenters. The van der Waals surface area contributed by atoms with Crippen molar-refractivity contribution in [2.45, 2.75) is 51.1 Å². The Bertz CT molecular complexity index is 1480. The van der Waals surface area contributed by atoms with Gasteiger partial charge in [0.25, 0.3) is 0 Å². The average molecular weight is 530 g/mol. The fraction of sp³-hybridized carbons (Fsp3) is 0.345. The Morgan fingerprint density at radius 1 is 1.10 bits per heavy atom. The van der Waals surface area contributed by atoms with Crippen molar-refractivity contribution in [3.8, 4) is 5.75 Å². The van der Waals surface area contributed by atoms with Crippen molar-refractivity contribution in [2.24, 2.45) is 0 Å². The minimum absolute atomic E-state index is 0.182. The van der Waals surface area contributed by atoms with E-state index in [1.54, 1.807) is 23.3 Å². The summed E-state index contributed by atoms with van der Waals surface area (Å²) in [5.74, 6) is -0.246. The van der Waals surface area contributed by atoms with Crippen molar-refractivity contribution in [1.29, 1.82) is 0 Å². The van der Waals surface area contributed by atoms with E-state index in [1.807, 2.05) is 24.3 Å². The smallest absolute Gasteiger partial charge is 0.407 e. The van der Waals surface area contributed by atoms with E-state index in [4.69, 9.17) is 9.72 Å². The number of carboxylic acids is 1. The third-order valence-electron chi connectivity index (χ3n) is 6.92. The molecule has 10 heteroatoms. The van der Waals surface area contributed by atoms with E-state index in [9.17, 15) is 14.7 Å². The fourth-order valence-corrected chi connectivity index (χ4v) is 4.95. The quantitative estimate of drug-likeness (QED) is 0.312. The molecule has 5 rings (SSSR count). The summed E-state index contributed by atoms with van der Waals surface area (Å²) >= 11 is 0. The predicted octanol–water partition coefficient (Wildman–Crippen LogP) is 4.25. The molecule has 1 amide bonds. The van der Waals surface area contributed by atoms with Gasteiger partial charge in [-0.05, 0) is 72.7 Å². The monoisotopic (exact) mass is 529 g/mol. The van der Waals surface area contributed by atoms with Gasteiger partial charge in [0.2, 0.25) is 0 Å². The van der Waals surface area contributed by atoms with Crippen molar-refractivity contribution in [3.63, 3.8) is 0 Å². The summed E-state index contributed by atoms with van der Waals surface area (Å²) in [5, 5.41) is 17.6. The minimum Gasteiger partial charge on any atom is -0.493 e. The number of benzene rings is 1. The first kappa shape index (κ1) is 26.1. The summed E-state index contributed by atoms with van der Waals surface area (Å²) in [6.07, 6.45) is 9.54. The molecular weight excluding hydrogens is 498 g/mol. The summed E-state index contributed by atoms with van der Waals surface area (Å²) < 4.78 is 12.3. The third-order valence-corrected chi connectivity index (χ3v) is 6.92. The van der Waals surface area contributed by atoms with Crippen LogP contribution in [-0.4, -0.2) is 50.6 Å². The maximum absolute atomic E-state index is 11.8. The maximum atomic E-state index is 11.8. The first-order valence-corrected chi connectivity index (χ1v) is 13.1. The number of rotatable bonds is 10. The number of aryl methyl sites for hydroxylation is 2. The Kier molecular flexibility index (Phi) is 8.00. The summed E-state index contributed by atoms with van der Waals surface area (Å²) in [4.78, 5) is 32.3. The molecule has 1 aliphatic carbocycles. The van der Waals surface area contributed by atoms with E-state index in [0.29, 0.717) is 23.5 Å². The Balaban J connectivity index is 1.30. The minimum atomic E-state index is -0.961. The van der Waals surface area contributed by atoms with E-state index >= 15 is 0 Å². The Morgan fingerprint density at radius 3 is 2.82 bits per heavy atom. The van der Waals surface area contributed by atoms with Crippen LogP contribution in [0.5, 0.6) is 5.75 Å². The van der Waals surface area contributed by atoms with Crippen molar-refractivity contribution in [3.05, 3.63) is 83.1 Å². The molecular formula is C29H31N5O5. The highest BCUT2D eigenvalue weighted by atomic mass is 16.5.